The fourth-order valence-corrected chi connectivity index (χ4v) is 3.31. The van der Waals surface area contributed by atoms with E-state index in [2.05, 4.69) is 5.32 Å². The van der Waals surface area contributed by atoms with Crippen molar-refractivity contribution in [1.29, 1.82) is 0 Å². The smallest absolute Gasteiger partial charge is 0.337 e. The molecule has 0 radical (unpaired) electrons. The maximum atomic E-state index is 13.1. The number of hydrogen-bond acceptors (Lipinski definition) is 8. The van der Waals surface area contributed by atoms with E-state index < -0.39 is 28.4 Å². The first kappa shape index (κ1) is 24.1. The number of rotatable bonds is 7. The number of carbonyl (C=O) groups is 2. The molecule has 0 bridgehead atoms. The SMILES string of the molecule is COCCOC(=O)C1=C(C)NC(C)=C(C(=O)OC(C)(C)C)[C@H]1c1cccc([N+](=O)[O-])c1. The molecular weight excluding hydrogens is 404 g/mol. The summed E-state index contributed by atoms with van der Waals surface area (Å²) >= 11 is 0. The van der Waals surface area contributed by atoms with Gasteiger partial charge < -0.3 is 19.5 Å². The zero-order chi connectivity index (χ0) is 23.3. The molecule has 1 aromatic carbocycles. The molecule has 1 heterocycles. The third kappa shape index (κ3) is 5.91. The highest BCUT2D eigenvalue weighted by Crippen LogP contribution is 2.40. The summed E-state index contributed by atoms with van der Waals surface area (Å²) < 4.78 is 15.8. The van der Waals surface area contributed by atoms with Crippen molar-refractivity contribution < 1.29 is 28.7 Å². The van der Waals surface area contributed by atoms with Crippen LogP contribution in [0.2, 0.25) is 0 Å². The van der Waals surface area contributed by atoms with Crippen LogP contribution in [0, 0.1) is 10.1 Å². The minimum atomic E-state index is -0.897. The normalized spacial score (nSPS) is 16.6. The van der Waals surface area contributed by atoms with Crippen LogP contribution in [0.5, 0.6) is 0 Å². The number of dihydropyridines is 1. The molecule has 0 amide bonds. The van der Waals surface area contributed by atoms with Gasteiger partial charge in [-0.2, -0.15) is 0 Å². The first-order chi connectivity index (χ1) is 14.5. The molecule has 0 unspecified atom stereocenters. The van der Waals surface area contributed by atoms with Gasteiger partial charge in [-0.3, -0.25) is 10.1 Å². The van der Waals surface area contributed by atoms with E-state index in [4.69, 9.17) is 14.2 Å². The molecule has 1 aromatic rings. The highest BCUT2D eigenvalue weighted by Gasteiger charge is 2.39. The molecule has 0 saturated heterocycles. The highest BCUT2D eigenvalue weighted by atomic mass is 16.6. The summed E-state index contributed by atoms with van der Waals surface area (Å²) in [5, 5.41) is 14.4. The lowest BCUT2D eigenvalue weighted by Crippen LogP contribution is -2.35. The molecule has 31 heavy (non-hydrogen) atoms. The Labute approximate surface area is 181 Å². The predicted molar refractivity (Wildman–Crippen MR) is 113 cm³/mol. The molecular formula is C22H28N2O7. The van der Waals surface area contributed by atoms with E-state index in [1.54, 1.807) is 40.7 Å². The Morgan fingerprint density at radius 2 is 1.71 bits per heavy atom. The van der Waals surface area contributed by atoms with Crippen LogP contribution in [0.15, 0.2) is 46.8 Å². The van der Waals surface area contributed by atoms with Crippen molar-refractivity contribution in [2.75, 3.05) is 20.3 Å². The van der Waals surface area contributed by atoms with Gasteiger partial charge in [0.2, 0.25) is 0 Å². The fraction of sp³-hybridized carbons (Fsp3) is 0.455. The zero-order valence-electron chi connectivity index (χ0n) is 18.6. The second-order valence-electron chi connectivity index (χ2n) is 8.12. The molecule has 9 nitrogen and oxygen atoms in total. The molecule has 0 aromatic heterocycles. The number of hydrogen-bond donors (Lipinski definition) is 1. The van der Waals surface area contributed by atoms with E-state index in [0.717, 1.165) is 0 Å². The summed E-state index contributed by atoms with van der Waals surface area (Å²) in [6, 6.07) is 5.85. The molecule has 2 rings (SSSR count). The van der Waals surface area contributed by atoms with E-state index in [1.165, 1.54) is 25.3 Å². The monoisotopic (exact) mass is 432 g/mol. The largest absolute Gasteiger partial charge is 0.460 e. The topological polar surface area (TPSA) is 117 Å². The van der Waals surface area contributed by atoms with Crippen molar-refractivity contribution in [3.05, 3.63) is 62.5 Å². The molecule has 1 N–H and O–H groups in total. The van der Waals surface area contributed by atoms with Gasteiger partial charge in [0.15, 0.2) is 0 Å². The lowest BCUT2D eigenvalue weighted by Gasteiger charge is -2.32. The molecule has 0 saturated carbocycles. The lowest BCUT2D eigenvalue weighted by atomic mass is 9.80. The summed E-state index contributed by atoms with van der Waals surface area (Å²) in [6.07, 6.45) is 0. The Bertz CT molecular complexity index is 941. The van der Waals surface area contributed by atoms with Gasteiger partial charge in [0, 0.05) is 30.6 Å². The highest BCUT2D eigenvalue weighted by molar-refractivity contribution is 6.00. The second-order valence-corrected chi connectivity index (χ2v) is 8.12. The van der Waals surface area contributed by atoms with Crippen molar-refractivity contribution in [2.45, 2.75) is 46.1 Å². The Morgan fingerprint density at radius 1 is 1.10 bits per heavy atom. The van der Waals surface area contributed by atoms with Gasteiger partial charge in [0.25, 0.3) is 5.69 Å². The van der Waals surface area contributed by atoms with Crippen molar-refractivity contribution in [3.8, 4) is 0 Å². The molecule has 1 aliphatic rings. The lowest BCUT2D eigenvalue weighted by molar-refractivity contribution is -0.384. The number of nitrogens with zero attached hydrogens (tertiary/aromatic N) is 1. The fourth-order valence-electron chi connectivity index (χ4n) is 3.31. The number of nitrogens with one attached hydrogen (secondary N) is 1. The van der Waals surface area contributed by atoms with Gasteiger partial charge in [-0.25, -0.2) is 9.59 Å². The number of ether oxygens (including phenoxy) is 3. The van der Waals surface area contributed by atoms with Gasteiger partial charge >= 0.3 is 11.9 Å². The van der Waals surface area contributed by atoms with Crippen LogP contribution in [0.4, 0.5) is 5.69 Å². The summed E-state index contributed by atoms with van der Waals surface area (Å²) in [7, 11) is 1.49. The Morgan fingerprint density at radius 3 is 2.26 bits per heavy atom. The third-order valence-corrected chi connectivity index (χ3v) is 4.53. The number of carbonyl (C=O) groups excluding carboxylic acids is 2. The average Bonchev–Trinajstić information content (AvgIpc) is 2.66. The number of nitro benzene ring substituents is 1. The van der Waals surface area contributed by atoms with E-state index >= 15 is 0 Å². The number of benzene rings is 1. The summed E-state index contributed by atoms with van der Waals surface area (Å²) in [6.45, 7) is 8.83. The Kier molecular flexibility index (Phi) is 7.56. The van der Waals surface area contributed by atoms with E-state index in [9.17, 15) is 19.7 Å². The van der Waals surface area contributed by atoms with Crippen LogP contribution < -0.4 is 5.32 Å². The van der Waals surface area contributed by atoms with Crippen LogP contribution in [0.3, 0.4) is 0 Å². The second kappa shape index (κ2) is 9.74. The van der Waals surface area contributed by atoms with Crippen molar-refractivity contribution in [1.82, 2.24) is 5.32 Å². The minimum absolute atomic E-state index is 0.0260. The van der Waals surface area contributed by atoms with E-state index in [1.807, 2.05) is 0 Å². The van der Waals surface area contributed by atoms with Gasteiger partial charge in [-0.05, 0) is 40.2 Å². The van der Waals surface area contributed by atoms with Crippen molar-refractivity contribution in [3.63, 3.8) is 0 Å². The van der Waals surface area contributed by atoms with Crippen LogP contribution in [0.25, 0.3) is 0 Å². The number of esters is 2. The van der Waals surface area contributed by atoms with Crippen LogP contribution in [-0.4, -0.2) is 42.8 Å². The predicted octanol–water partition coefficient (Wildman–Crippen LogP) is 3.36. The molecule has 9 heteroatoms. The van der Waals surface area contributed by atoms with Gasteiger partial charge in [0.1, 0.15) is 12.2 Å². The maximum Gasteiger partial charge on any atom is 0.337 e. The van der Waals surface area contributed by atoms with Gasteiger partial charge in [-0.1, -0.05) is 12.1 Å². The average molecular weight is 432 g/mol. The molecule has 1 aliphatic heterocycles. The third-order valence-electron chi connectivity index (χ3n) is 4.53. The summed E-state index contributed by atoms with van der Waals surface area (Å²) in [4.78, 5) is 36.9. The standard InChI is InChI=1S/C22H28N2O7/c1-13-17(20(25)30-11-10-29-6)19(15-8-7-9-16(12-15)24(27)28)18(14(2)23-13)21(26)31-22(3,4)5/h7-9,12,19,23H,10-11H2,1-6H3/t19-/m0/s1. The Hall–Kier alpha value is -3.20. The number of nitro groups is 1. The molecule has 0 spiro atoms. The van der Waals surface area contributed by atoms with E-state index in [0.29, 0.717) is 17.0 Å². The maximum absolute atomic E-state index is 13.1. The molecule has 168 valence electrons. The van der Waals surface area contributed by atoms with Crippen LogP contribution in [-0.2, 0) is 23.8 Å². The first-order valence-electron chi connectivity index (χ1n) is 9.78. The quantitative estimate of drug-likeness (QED) is 0.302. The molecule has 0 fully saturated rings. The van der Waals surface area contributed by atoms with E-state index in [-0.39, 0.29) is 30.0 Å². The number of methoxy groups -OCH3 is 1. The van der Waals surface area contributed by atoms with Crippen molar-refractivity contribution >= 4 is 17.6 Å². The number of non-ortho nitro benzene ring substituents is 1. The summed E-state index contributed by atoms with van der Waals surface area (Å²) in [5.41, 5.74) is 0.853. The van der Waals surface area contributed by atoms with Crippen molar-refractivity contribution in [2.24, 2.45) is 0 Å². The Balaban J connectivity index is 2.62. The molecule has 1 atom stereocenters. The minimum Gasteiger partial charge on any atom is -0.460 e. The van der Waals surface area contributed by atoms with Gasteiger partial charge in [0.05, 0.1) is 28.6 Å². The summed E-state index contributed by atoms with van der Waals surface area (Å²) in [5.74, 6) is -2.16. The van der Waals surface area contributed by atoms with Gasteiger partial charge in [-0.15, -0.1) is 0 Å². The van der Waals surface area contributed by atoms with Crippen LogP contribution >= 0.6 is 0 Å². The number of allylic oxidation sites excluding steroid dienone is 2. The zero-order valence-corrected chi connectivity index (χ0v) is 18.6. The first-order valence-corrected chi connectivity index (χ1v) is 9.78. The molecule has 0 aliphatic carbocycles. The van der Waals surface area contributed by atoms with Crippen LogP contribution in [0.1, 0.15) is 46.1 Å².